The molecule has 2 saturated heterocycles. The third-order valence-corrected chi connectivity index (χ3v) is 7.19. The van der Waals surface area contributed by atoms with Gasteiger partial charge in [-0.1, -0.05) is 72.8 Å². The van der Waals surface area contributed by atoms with E-state index in [9.17, 15) is 0 Å². The SMILES string of the molecule is O=C(O)C(=O)O.c1ccc(CN2CCC(N3CCN(Cc4cccc5ccccc45)CC3)CC2)cc1. The number of aliphatic carboxylic acids is 2. The highest BCUT2D eigenvalue weighted by Crippen LogP contribution is 2.23. The largest absolute Gasteiger partial charge is 0.473 e. The average molecular weight is 490 g/mol. The molecule has 36 heavy (non-hydrogen) atoms. The maximum atomic E-state index is 9.10. The molecule has 0 amide bonds. The Balaban J connectivity index is 0.000000455. The Hall–Kier alpha value is -3.26. The Morgan fingerprint density at radius 2 is 1.25 bits per heavy atom. The summed E-state index contributed by atoms with van der Waals surface area (Å²) in [6.45, 7) is 9.45. The first kappa shape index (κ1) is 25.8. The standard InChI is InChI=1S/C27H33N3.C2H2O4/c1-2-7-23(8-3-1)21-28-15-13-26(14-16-28)30-19-17-29(18-20-30)22-25-11-6-10-24-9-4-5-12-27(24)25;3-1(4)2(5)6/h1-12,26H,13-22H2;(H,3,4)(H,5,6). The first-order valence-corrected chi connectivity index (χ1v) is 12.6. The zero-order valence-electron chi connectivity index (χ0n) is 20.6. The third kappa shape index (κ3) is 7.13. The summed E-state index contributed by atoms with van der Waals surface area (Å²) in [5.41, 5.74) is 2.91. The van der Waals surface area contributed by atoms with Crippen LogP contribution in [0.25, 0.3) is 10.8 Å². The fourth-order valence-corrected chi connectivity index (χ4v) is 5.24. The highest BCUT2D eigenvalue weighted by molar-refractivity contribution is 6.27. The van der Waals surface area contributed by atoms with E-state index in [4.69, 9.17) is 19.8 Å². The molecule has 5 rings (SSSR count). The highest BCUT2D eigenvalue weighted by atomic mass is 16.4. The van der Waals surface area contributed by atoms with Gasteiger partial charge in [-0.15, -0.1) is 0 Å². The van der Waals surface area contributed by atoms with Crippen molar-refractivity contribution in [2.24, 2.45) is 0 Å². The van der Waals surface area contributed by atoms with Crippen molar-refractivity contribution >= 4 is 22.7 Å². The van der Waals surface area contributed by atoms with E-state index >= 15 is 0 Å². The molecule has 0 saturated carbocycles. The van der Waals surface area contributed by atoms with Crippen LogP contribution in [0.4, 0.5) is 0 Å². The topological polar surface area (TPSA) is 84.3 Å². The van der Waals surface area contributed by atoms with Crippen LogP contribution in [0.3, 0.4) is 0 Å². The number of nitrogens with zero attached hydrogens (tertiary/aromatic N) is 3. The van der Waals surface area contributed by atoms with Crippen LogP contribution in [-0.2, 0) is 22.7 Å². The summed E-state index contributed by atoms with van der Waals surface area (Å²) in [7, 11) is 0. The minimum absolute atomic E-state index is 0.775. The Bertz CT molecular complexity index is 1120. The van der Waals surface area contributed by atoms with Crippen molar-refractivity contribution in [1.29, 1.82) is 0 Å². The first-order valence-electron chi connectivity index (χ1n) is 12.6. The predicted molar refractivity (Wildman–Crippen MR) is 141 cm³/mol. The maximum Gasteiger partial charge on any atom is 0.414 e. The lowest BCUT2D eigenvalue weighted by Gasteiger charge is -2.43. The number of carbonyl (C=O) groups is 2. The summed E-state index contributed by atoms with van der Waals surface area (Å²) in [4.78, 5) is 26.2. The molecule has 0 radical (unpaired) electrons. The monoisotopic (exact) mass is 489 g/mol. The number of benzene rings is 3. The van der Waals surface area contributed by atoms with Crippen LogP contribution in [0, 0.1) is 0 Å². The molecule has 3 aromatic carbocycles. The molecule has 2 N–H and O–H groups in total. The van der Waals surface area contributed by atoms with E-state index in [1.807, 2.05) is 0 Å². The number of carboxylic acid groups (broad SMARTS) is 2. The molecule has 0 atom stereocenters. The summed E-state index contributed by atoms with van der Waals surface area (Å²) in [6, 6.07) is 27.2. The summed E-state index contributed by atoms with van der Waals surface area (Å²) < 4.78 is 0. The number of rotatable bonds is 5. The summed E-state index contributed by atoms with van der Waals surface area (Å²) in [6.07, 6.45) is 2.63. The number of carboxylic acids is 2. The number of hydrogen-bond acceptors (Lipinski definition) is 5. The van der Waals surface area contributed by atoms with Crippen molar-refractivity contribution < 1.29 is 19.8 Å². The molecular formula is C29H35N3O4. The van der Waals surface area contributed by atoms with Gasteiger partial charge in [0.05, 0.1) is 0 Å². The van der Waals surface area contributed by atoms with Gasteiger partial charge in [-0.2, -0.15) is 0 Å². The Labute approximate surface area is 212 Å². The van der Waals surface area contributed by atoms with Gasteiger partial charge >= 0.3 is 11.9 Å². The zero-order chi connectivity index (χ0) is 25.3. The number of piperidine rings is 1. The van der Waals surface area contributed by atoms with Crippen LogP contribution in [-0.4, -0.2) is 82.2 Å². The van der Waals surface area contributed by atoms with Gasteiger partial charge in [0.1, 0.15) is 0 Å². The molecule has 0 aromatic heterocycles. The fourth-order valence-electron chi connectivity index (χ4n) is 5.24. The Morgan fingerprint density at radius 3 is 1.92 bits per heavy atom. The van der Waals surface area contributed by atoms with Crippen LogP contribution in [0.1, 0.15) is 24.0 Å². The number of piperazine rings is 1. The molecular weight excluding hydrogens is 454 g/mol. The molecule has 7 heteroatoms. The van der Waals surface area contributed by atoms with Crippen LogP contribution in [0.15, 0.2) is 72.8 Å². The van der Waals surface area contributed by atoms with Crippen LogP contribution in [0.2, 0.25) is 0 Å². The van der Waals surface area contributed by atoms with E-state index in [0.29, 0.717) is 0 Å². The molecule has 2 fully saturated rings. The minimum Gasteiger partial charge on any atom is -0.473 e. The molecule has 3 aromatic rings. The van der Waals surface area contributed by atoms with Crippen molar-refractivity contribution in [3.05, 3.63) is 83.9 Å². The molecule has 2 heterocycles. The van der Waals surface area contributed by atoms with Gasteiger partial charge in [-0.3, -0.25) is 14.7 Å². The molecule has 190 valence electrons. The van der Waals surface area contributed by atoms with Gasteiger partial charge < -0.3 is 10.2 Å². The molecule has 0 aliphatic carbocycles. The van der Waals surface area contributed by atoms with Crippen LogP contribution >= 0.6 is 0 Å². The highest BCUT2D eigenvalue weighted by Gasteiger charge is 2.27. The fraction of sp³-hybridized carbons (Fsp3) is 0.379. The van der Waals surface area contributed by atoms with E-state index < -0.39 is 11.9 Å². The number of hydrogen-bond donors (Lipinski definition) is 2. The molecule has 0 spiro atoms. The second kappa shape index (κ2) is 12.6. The van der Waals surface area contributed by atoms with E-state index in [1.165, 1.54) is 74.0 Å². The van der Waals surface area contributed by atoms with E-state index in [-0.39, 0.29) is 0 Å². The van der Waals surface area contributed by atoms with Crippen molar-refractivity contribution in [2.45, 2.75) is 32.0 Å². The molecule has 7 nitrogen and oxygen atoms in total. The van der Waals surface area contributed by atoms with Crippen molar-refractivity contribution in [3.8, 4) is 0 Å². The summed E-state index contributed by atoms with van der Waals surface area (Å²) in [5.74, 6) is -3.65. The van der Waals surface area contributed by atoms with Gasteiger partial charge in [0.15, 0.2) is 0 Å². The van der Waals surface area contributed by atoms with E-state index in [2.05, 4.69) is 87.5 Å². The van der Waals surface area contributed by atoms with Gasteiger partial charge in [-0.05, 0) is 47.8 Å². The van der Waals surface area contributed by atoms with Gasteiger partial charge in [-0.25, -0.2) is 9.59 Å². The van der Waals surface area contributed by atoms with Crippen molar-refractivity contribution in [1.82, 2.24) is 14.7 Å². The second-order valence-electron chi connectivity index (χ2n) is 9.55. The lowest BCUT2D eigenvalue weighted by molar-refractivity contribution is -0.159. The molecule has 2 aliphatic rings. The number of likely N-dealkylation sites (tertiary alicyclic amines) is 1. The predicted octanol–water partition coefficient (Wildman–Crippen LogP) is 3.78. The maximum absolute atomic E-state index is 9.10. The lowest BCUT2D eigenvalue weighted by atomic mass is 10.0. The van der Waals surface area contributed by atoms with E-state index in [0.717, 1.165) is 19.1 Å². The Morgan fingerprint density at radius 1 is 0.667 bits per heavy atom. The zero-order valence-corrected chi connectivity index (χ0v) is 20.6. The molecule has 0 bridgehead atoms. The molecule has 0 unspecified atom stereocenters. The first-order chi connectivity index (χ1) is 17.5. The lowest BCUT2D eigenvalue weighted by Crippen LogP contribution is -2.52. The number of fused-ring (bicyclic) bond motifs is 1. The quantitative estimate of drug-likeness (QED) is 0.528. The van der Waals surface area contributed by atoms with Gasteiger partial charge in [0.2, 0.25) is 0 Å². The van der Waals surface area contributed by atoms with E-state index in [1.54, 1.807) is 0 Å². The van der Waals surface area contributed by atoms with Crippen LogP contribution in [0.5, 0.6) is 0 Å². The summed E-state index contributed by atoms with van der Waals surface area (Å²) >= 11 is 0. The van der Waals surface area contributed by atoms with Crippen molar-refractivity contribution in [2.75, 3.05) is 39.3 Å². The third-order valence-electron chi connectivity index (χ3n) is 7.19. The van der Waals surface area contributed by atoms with Gasteiger partial charge in [0.25, 0.3) is 0 Å². The average Bonchev–Trinajstić information content (AvgIpc) is 2.91. The van der Waals surface area contributed by atoms with Crippen LogP contribution < -0.4 is 0 Å². The van der Waals surface area contributed by atoms with Crippen molar-refractivity contribution in [3.63, 3.8) is 0 Å². The normalized spacial score (nSPS) is 17.9. The van der Waals surface area contributed by atoms with Gasteiger partial charge in [0, 0.05) is 45.3 Å². The summed E-state index contributed by atoms with van der Waals surface area (Å²) in [5, 5.41) is 17.6. The second-order valence-corrected chi connectivity index (χ2v) is 9.55. The molecule has 2 aliphatic heterocycles. The minimum atomic E-state index is -1.82. The smallest absolute Gasteiger partial charge is 0.414 e. The Kier molecular flexibility index (Phi) is 9.06.